The van der Waals surface area contributed by atoms with Crippen LogP contribution in [0.1, 0.15) is 50.0 Å². The Kier molecular flexibility index (Phi) is 6.21. The fraction of sp³-hybridized carbons (Fsp3) is 0.316. The molecule has 2 unspecified atom stereocenters. The minimum atomic E-state index is -0.855. The van der Waals surface area contributed by atoms with Gasteiger partial charge in [0.1, 0.15) is 11.9 Å². The van der Waals surface area contributed by atoms with Crippen molar-refractivity contribution in [3.8, 4) is 5.75 Å². The van der Waals surface area contributed by atoms with Crippen LogP contribution in [0.3, 0.4) is 0 Å². The Hall–Kier alpha value is -2.53. The van der Waals surface area contributed by atoms with Crippen molar-refractivity contribution >= 4 is 6.03 Å². The van der Waals surface area contributed by atoms with Gasteiger partial charge in [-0.25, -0.2) is 4.79 Å². The van der Waals surface area contributed by atoms with Gasteiger partial charge in [-0.1, -0.05) is 55.8 Å². The molecule has 2 rings (SSSR count). The Bertz CT molecular complexity index is 643. The van der Waals surface area contributed by atoms with Crippen LogP contribution >= 0.6 is 0 Å². The average Bonchev–Trinajstić information content (AvgIpc) is 2.60. The van der Waals surface area contributed by atoms with Crippen molar-refractivity contribution in [3.63, 3.8) is 0 Å². The number of nitrogens with zero attached hydrogens (tertiary/aromatic N) is 1. The highest BCUT2D eigenvalue weighted by Crippen LogP contribution is 2.28. The van der Waals surface area contributed by atoms with Crippen LogP contribution < -0.4 is 10.5 Å². The third kappa shape index (κ3) is 4.49. The van der Waals surface area contributed by atoms with Crippen molar-refractivity contribution < 1.29 is 14.7 Å². The van der Waals surface area contributed by atoms with Crippen molar-refractivity contribution in [2.75, 3.05) is 0 Å². The highest BCUT2D eigenvalue weighted by molar-refractivity contribution is 5.71. The maximum atomic E-state index is 11.2. The number of hydrogen-bond acceptors (Lipinski definition) is 3. The van der Waals surface area contributed by atoms with Crippen molar-refractivity contribution in [2.45, 2.75) is 38.8 Å². The lowest BCUT2D eigenvalue weighted by molar-refractivity contribution is -0.0789. The summed E-state index contributed by atoms with van der Waals surface area (Å²) in [5.41, 5.74) is 7.09. The van der Waals surface area contributed by atoms with Gasteiger partial charge in [0.05, 0.1) is 6.04 Å². The number of carbonyl (C=O) groups excluding carboxylic acids is 1. The third-order valence-corrected chi connectivity index (χ3v) is 3.93. The number of nitrogens with two attached hydrogens (primary N) is 1. The molecular formula is C19H24N2O3. The first-order chi connectivity index (χ1) is 11.5. The molecule has 0 aliphatic rings. The first-order valence-corrected chi connectivity index (χ1v) is 8.12. The maximum Gasteiger partial charge on any atom is 0.339 e. The molecule has 0 radical (unpaired) electrons. The van der Waals surface area contributed by atoms with E-state index in [9.17, 15) is 10.0 Å². The van der Waals surface area contributed by atoms with E-state index in [0.29, 0.717) is 11.5 Å². The number of primary amides is 1. The van der Waals surface area contributed by atoms with Crippen molar-refractivity contribution in [1.29, 1.82) is 0 Å². The lowest BCUT2D eigenvalue weighted by Gasteiger charge is -2.24. The molecular weight excluding hydrogens is 304 g/mol. The Labute approximate surface area is 142 Å². The molecule has 2 aromatic carbocycles. The van der Waals surface area contributed by atoms with Gasteiger partial charge in [-0.15, -0.1) is 0 Å². The molecule has 24 heavy (non-hydrogen) atoms. The van der Waals surface area contributed by atoms with Gasteiger partial charge < -0.3 is 10.5 Å². The smallest absolute Gasteiger partial charge is 0.339 e. The summed E-state index contributed by atoms with van der Waals surface area (Å²) >= 11 is 0. The van der Waals surface area contributed by atoms with E-state index in [1.807, 2.05) is 68.4 Å². The highest BCUT2D eigenvalue weighted by atomic mass is 16.5. The van der Waals surface area contributed by atoms with Crippen LogP contribution in [0, 0.1) is 0 Å². The molecule has 0 fully saturated rings. The first-order valence-electron chi connectivity index (χ1n) is 8.12. The molecule has 3 N–H and O–H groups in total. The highest BCUT2D eigenvalue weighted by Gasteiger charge is 2.21. The number of benzene rings is 2. The zero-order valence-corrected chi connectivity index (χ0v) is 14.1. The van der Waals surface area contributed by atoms with Crippen LogP contribution in [-0.2, 0) is 0 Å². The van der Waals surface area contributed by atoms with Gasteiger partial charge >= 0.3 is 6.03 Å². The molecule has 0 spiro atoms. The average molecular weight is 328 g/mol. The van der Waals surface area contributed by atoms with E-state index in [1.54, 1.807) is 0 Å². The largest absolute Gasteiger partial charge is 0.486 e. The predicted molar refractivity (Wildman–Crippen MR) is 92.8 cm³/mol. The summed E-state index contributed by atoms with van der Waals surface area (Å²) in [5.74, 6) is 0.730. The fourth-order valence-corrected chi connectivity index (χ4v) is 2.62. The van der Waals surface area contributed by atoms with E-state index >= 15 is 0 Å². The van der Waals surface area contributed by atoms with Crippen molar-refractivity contribution in [1.82, 2.24) is 5.06 Å². The van der Waals surface area contributed by atoms with E-state index in [0.717, 1.165) is 23.3 Å². The van der Waals surface area contributed by atoms with E-state index in [4.69, 9.17) is 10.5 Å². The normalized spacial score (nSPS) is 13.1. The molecule has 0 saturated heterocycles. The second kappa shape index (κ2) is 8.36. The second-order valence-corrected chi connectivity index (χ2v) is 5.73. The van der Waals surface area contributed by atoms with Gasteiger partial charge in [0.15, 0.2) is 0 Å². The number of amides is 2. The number of rotatable bonds is 7. The SMILES string of the molecule is CCCC(c1ccc(OC(C)c2ccccc2)cc1)N(O)C(N)=O. The Morgan fingerprint density at radius 2 is 1.75 bits per heavy atom. The summed E-state index contributed by atoms with van der Waals surface area (Å²) in [6, 6.07) is 16.0. The van der Waals surface area contributed by atoms with Gasteiger partial charge in [0.25, 0.3) is 0 Å². The molecule has 2 aromatic rings. The van der Waals surface area contributed by atoms with Crippen molar-refractivity contribution in [3.05, 3.63) is 65.7 Å². The molecule has 0 aromatic heterocycles. The lowest BCUT2D eigenvalue weighted by Crippen LogP contribution is -2.36. The number of urea groups is 1. The summed E-state index contributed by atoms with van der Waals surface area (Å²) in [6.07, 6.45) is 1.38. The molecule has 2 amide bonds. The van der Waals surface area contributed by atoms with Gasteiger partial charge in [0, 0.05) is 0 Å². The predicted octanol–water partition coefficient (Wildman–Crippen LogP) is 4.44. The molecule has 0 heterocycles. The van der Waals surface area contributed by atoms with Gasteiger partial charge in [-0.2, -0.15) is 5.06 Å². The van der Waals surface area contributed by atoms with E-state index in [-0.39, 0.29) is 6.10 Å². The van der Waals surface area contributed by atoms with Crippen LogP contribution in [-0.4, -0.2) is 16.3 Å². The van der Waals surface area contributed by atoms with Crippen LogP contribution in [0.15, 0.2) is 54.6 Å². The standard InChI is InChI=1S/C19H24N2O3/c1-3-7-18(21(23)19(20)22)16-10-12-17(13-11-16)24-14(2)15-8-5-4-6-9-15/h4-6,8-14,18,23H,3,7H2,1-2H3,(H2,20,22). The molecule has 5 heteroatoms. The summed E-state index contributed by atoms with van der Waals surface area (Å²) in [4.78, 5) is 11.2. The zero-order valence-electron chi connectivity index (χ0n) is 14.1. The summed E-state index contributed by atoms with van der Waals surface area (Å²) in [6.45, 7) is 3.98. The molecule has 5 nitrogen and oxygen atoms in total. The molecule has 0 aliphatic heterocycles. The third-order valence-electron chi connectivity index (χ3n) is 3.93. The lowest BCUT2D eigenvalue weighted by atomic mass is 10.0. The molecule has 0 saturated carbocycles. The zero-order chi connectivity index (χ0) is 17.5. The van der Waals surface area contributed by atoms with E-state index < -0.39 is 12.1 Å². The van der Waals surface area contributed by atoms with E-state index in [1.165, 1.54) is 0 Å². The van der Waals surface area contributed by atoms with Crippen LogP contribution in [0.25, 0.3) is 0 Å². The fourth-order valence-electron chi connectivity index (χ4n) is 2.62. The minimum Gasteiger partial charge on any atom is -0.486 e. The number of hydrogen-bond donors (Lipinski definition) is 2. The van der Waals surface area contributed by atoms with Gasteiger partial charge in [-0.05, 0) is 36.6 Å². The molecule has 0 aliphatic carbocycles. The summed E-state index contributed by atoms with van der Waals surface area (Å²) in [7, 11) is 0. The molecule has 0 bridgehead atoms. The van der Waals surface area contributed by atoms with Crippen LogP contribution in [0.2, 0.25) is 0 Å². The van der Waals surface area contributed by atoms with Crippen LogP contribution in [0.5, 0.6) is 5.75 Å². The molecule has 128 valence electrons. The number of carbonyl (C=O) groups is 1. The maximum absolute atomic E-state index is 11.2. The number of hydroxylamine groups is 2. The van der Waals surface area contributed by atoms with Crippen molar-refractivity contribution in [2.24, 2.45) is 5.73 Å². The minimum absolute atomic E-state index is 0.0663. The van der Waals surface area contributed by atoms with Gasteiger partial charge in [-0.3, -0.25) is 5.21 Å². The second-order valence-electron chi connectivity index (χ2n) is 5.73. The van der Waals surface area contributed by atoms with E-state index in [2.05, 4.69) is 0 Å². The first kappa shape index (κ1) is 17.8. The quantitative estimate of drug-likeness (QED) is 0.583. The Morgan fingerprint density at radius 3 is 2.29 bits per heavy atom. The topological polar surface area (TPSA) is 75.8 Å². The van der Waals surface area contributed by atoms with Gasteiger partial charge in [0.2, 0.25) is 0 Å². The molecule has 2 atom stereocenters. The Morgan fingerprint density at radius 1 is 1.12 bits per heavy atom. The summed E-state index contributed by atoms with van der Waals surface area (Å²) < 4.78 is 5.94. The van der Waals surface area contributed by atoms with Crippen LogP contribution in [0.4, 0.5) is 4.79 Å². The Balaban J connectivity index is 2.10. The number of ether oxygens (including phenoxy) is 1. The summed E-state index contributed by atoms with van der Waals surface area (Å²) in [5, 5.41) is 10.5. The monoisotopic (exact) mass is 328 g/mol.